The molecular weight excluding hydrogens is 559 g/mol. The van der Waals surface area contributed by atoms with Gasteiger partial charge in [0, 0.05) is 20.2 Å². The topological polar surface area (TPSA) is 80.1 Å². The zero-order valence-electron chi connectivity index (χ0n) is 24.4. The highest BCUT2D eigenvalue weighted by molar-refractivity contribution is 5.91. The number of para-hydroxylation sites is 1. The largest absolute Gasteiger partial charge is 0.464 e. The number of benzene rings is 4. The van der Waals surface area contributed by atoms with Crippen LogP contribution in [0.15, 0.2) is 125 Å². The average Bonchev–Trinajstić information content (AvgIpc) is 3.06. The van der Waals surface area contributed by atoms with Gasteiger partial charge in [-0.05, 0) is 41.0 Å². The summed E-state index contributed by atoms with van der Waals surface area (Å²) in [7, 11) is 1.54. The van der Waals surface area contributed by atoms with Crippen LogP contribution >= 0.6 is 0 Å². The average molecular weight is 593 g/mol. The molecule has 0 radical (unpaired) electrons. The molecule has 0 fully saturated rings. The van der Waals surface area contributed by atoms with Gasteiger partial charge in [-0.2, -0.15) is 0 Å². The van der Waals surface area contributed by atoms with Gasteiger partial charge in [0.05, 0.1) is 42.8 Å². The van der Waals surface area contributed by atoms with Crippen molar-refractivity contribution < 1.29 is 23.1 Å². The van der Waals surface area contributed by atoms with Crippen LogP contribution < -0.4 is 5.43 Å². The Kier molecular flexibility index (Phi) is 9.94. The number of hydrogen-bond acceptors (Lipinski definition) is 5. The van der Waals surface area contributed by atoms with E-state index in [1.165, 1.54) is 35.3 Å². The standard InChI is InChI=1S/C36H33FN2O5/c1-43-21-20-38(36(42)34(27-10-4-2-5-11-27)28-12-6-3-7-13-28)24-33(40)39(22-26-16-18-30(37)19-17-26)23-29-25-44-32-15-9-8-14-31(32)35(29)41/h2-19,25,34H,20-24H2,1H3. The van der Waals surface area contributed by atoms with Gasteiger partial charge in [-0.15, -0.1) is 0 Å². The molecule has 7 nitrogen and oxygen atoms in total. The summed E-state index contributed by atoms with van der Waals surface area (Å²) in [5.41, 5.74) is 2.77. The first-order valence-electron chi connectivity index (χ1n) is 14.3. The van der Waals surface area contributed by atoms with Crippen molar-refractivity contribution >= 4 is 22.8 Å². The number of halogens is 1. The summed E-state index contributed by atoms with van der Waals surface area (Å²) in [6.07, 6.45) is 1.37. The SMILES string of the molecule is COCCN(CC(=O)N(Cc1ccc(F)cc1)Cc1coc2ccccc2c1=O)C(=O)C(c1ccccc1)c1ccccc1. The van der Waals surface area contributed by atoms with Crippen molar-refractivity contribution in [1.29, 1.82) is 0 Å². The summed E-state index contributed by atoms with van der Waals surface area (Å²) in [5, 5.41) is 0.407. The number of fused-ring (bicyclic) bond motifs is 1. The Morgan fingerprint density at radius 3 is 2.05 bits per heavy atom. The third-order valence-corrected chi connectivity index (χ3v) is 7.47. The molecule has 0 bridgehead atoms. The fourth-order valence-corrected chi connectivity index (χ4v) is 5.16. The predicted molar refractivity (Wildman–Crippen MR) is 166 cm³/mol. The van der Waals surface area contributed by atoms with Crippen molar-refractivity contribution in [1.82, 2.24) is 9.80 Å². The number of nitrogens with zero attached hydrogens (tertiary/aromatic N) is 2. The summed E-state index contributed by atoms with van der Waals surface area (Å²) < 4.78 is 24.7. The third kappa shape index (κ3) is 7.27. The molecule has 0 saturated carbocycles. The maximum Gasteiger partial charge on any atom is 0.242 e. The molecule has 0 saturated heterocycles. The molecule has 0 unspecified atom stereocenters. The molecule has 5 rings (SSSR count). The summed E-state index contributed by atoms with van der Waals surface area (Å²) in [5.74, 6) is -1.67. The number of amides is 2. The van der Waals surface area contributed by atoms with Crippen LogP contribution in [0.25, 0.3) is 11.0 Å². The zero-order chi connectivity index (χ0) is 30.9. The van der Waals surface area contributed by atoms with E-state index in [9.17, 15) is 18.8 Å². The number of hydrogen-bond donors (Lipinski definition) is 0. The highest BCUT2D eigenvalue weighted by atomic mass is 19.1. The smallest absolute Gasteiger partial charge is 0.242 e. The fourth-order valence-electron chi connectivity index (χ4n) is 5.16. The molecule has 0 N–H and O–H groups in total. The second-order valence-corrected chi connectivity index (χ2v) is 10.5. The van der Waals surface area contributed by atoms with Crippen molar-refractivity contribution in [3.05, 3.63) is 154 Å². The highest BCUT2D eigenvalue weighted by Crippen LogP contribution is 2.27. The quantitative estimate of drug-likeness (QED) is 0.184. The van der Waals surface area contributed by atoms with Crippen molar-refractivity contribution in [3.63, 3.8) is 0 Å². The minimum Gasteiger partial charge on any atom is -0.464 e. The van der Waals surface area contributed by atoms with Crippen LogP contribution in [0.2, 0.25) is 0 Å². The minimum atomic E-state index is -0.639. The van der Waals surface area contributed by atoms with Crippen LogP contribution in [0.5, 0.6) is 0 Å². The van der Waals surface area contributed by atoms with Crippen molar-refractivity contribution in [3.8, 4) is 0 Å². The normalized spacial score (nSPS) is 11.1. The Balaban J connectivity index is 1.47. The zero-order valence-corrected chi connectivity index (χ0v) is 24.4. The lowest BCUT2D eigenvalue weighted by molar-refractivity contribution is -0.142. The van der Waals surface area contributed by atoms with Crippen molar-refractivity contribution in [2.45, 2.75) is 19.0 Å². The van der Waals surface area contributed by atoms with E-state index in [0.29, 0.717) is 22.1 Å². The number of rotatable bonds is 12. The lowest BCUT2D eigenvalue weighted by atomic mass is 9.90. The summed E-state index contributed by atoms with van der Waals surface area (Å²) >= 11 is 0. The van der Waals surface area contributed by atoms with Crippen LogP contribution in [-0.2, 0) is 27.4 Å². The van der Waals surface area contributed by atoms with E-state index in [-0.39, 0.29) is 50.0 Å². The van der Waals surface area contributed by atoms with E-state index in [2.05, 4.69) is 0 Å². The molecule has 4 aromatic carbocycles. The molecule has 1 heterocycles. The first-order valence-corrected chi connectivity index (χ1v) is 14.3. The number of carbonyl (C=O) groups is 2. The third-order valence-electron chi connectivity index (χ3n) is 7.47. The van der Waals surface area contributed by atoms with Gasteiger partial charge in [-0.1, -0.05) is 84.9 Å². The molecule has 1 aromatic heterocycles. The van der Waals surface area contributed by atoms with Crippen molar-refractivity contribution in [2.75, 3.05) is 26.8 Å². The van der Waals surface area contributed by atoms with Gasteiger partial charge in [0.2, 0.25) is 11.8 Å². The number of methoxy groups -OCH3 is 1. The molecule has 5 aromatic rings. The summed E-state index contributed by atoms with van der Waals surface area (Å²) in [4.78, 5) is 44.6. The first-order chi connectivity index (χ1) is 21.4. The fraction of sp³-hybridized carbons (Fsp3) is 0.194. The predicted octanol–water partition coefficient (Wildman–Crippen LogP) is 5.77. The maximum absolute atomic E-state index is 14.3. The van der Waals surface area contributed by atoms with E-state index in [1.54, 1.807) is 36.4 Å². The molecule has 0 aliphatic carbocycles. The van der Waals surface area contributed by atoms with Gasteiger partial charge in [-0.3, -0.25) is 14.4 Å². The molecule has 44 heavy (non-hydrogen) atoms. The van der Waals surface area contributed by atoms with Crippen LogP contribution in [0.4, 0.5) is 4.39 Å². The van der Waals surface area contributed by atoms with E-state index in [0.717, 1.165) is 11.1 Å². The van der Waals surface area contributed by atoms with Crippen LogP contribution in [-0.4, -0.2) is 48.4 Å². The molecule has 2 amide bonds. The van der Waals surface area contributed by atoms with Gasteiger partial charge in [-0.25, -0.2) is 4.39 Å². The van der Waals surface area contributed by atoms with E-state index >= 15 is 0 Å². The Labute approximate surface area is 255 Å². The van der Waals surface area contributed by atoms with E-state index in [1.807, 2.05) is 60.7 Å². The monoisotopic (exact) mass is 592 g/mol. The molecule has 0 aliphatic rings. The lowest BCUT2D eigenvalue weighted by Crippen LogP contribution is -2.45. The number of carbonyl (C=O) groups excluding carboxylic acids is 2. The van der Waals surface area contributed by atoms with Crippen LogP contribution in [0.3, 0.4) is 0 Å². The van der Waals surface area contributed by atoms with Crippen LogP contribution in [0.1, 0.15) is 28.2 Å². The van der Waals surface area contributed by atoms with Gasteiger partial charge >= 0.3 is 0 Å². The van der Waals surface area contributed by atoms with Gasteiger partial charge in [0.15, 0.2) is 5.43 Å². The Hall–Kier alpha value is -5.08. The highest BCUT2D eigenvalue weighted by Gasteiger charge is 2.30. The second kappa shape index (κ2) is 14.4. The molecule has 224 valence electrons. The summed E-state index contributed by atoms with van der Waals surface area (Å²) in [6, 6.07) is 31.6. The summed E-state index contributed by atoms with van der Waals surface area (Å²) in [6.45, 7) is 0.189. The Bertz CT molecular complexity index is 1720. The number of ether oxygens (including phenoxy) is 1. The maximum atomic E-state index is 14.3. The molecule has 8 heteroatoms. The second-order valence-electron chi connectivity index (χ2n) is 10.5. The van der Waals surface area contributed by atoms with E-state index < -0.39 is 11.7 Å². The van der Waals surface area contributed by atoms with Crippen LogP contribution in [0, 0.1) is 5.82 Å². The molecule has 0 aliphatic heterocycles. The minimum absolute atomic E-state index is 0.0590. The Morgan fingerprint density at radius 1 is 0.795 bits per heavy atom. The van der Waals surface area contributed by atoms with Gasteiger partial charge in [0.1, 0.15) is 11.4 Å². The Morgan fingerprint density at radius 2 is 1.41 bits per heavy atom. The first kappa shape index (κ1) is 30.4. The van der Waals surface area contributed by atoms with E-state index in [4.69, 9.17) is 9.15 Å². The van der Waals surface area contributed by atoms with Crippen molar-refractivity contribution in [2.24, 2.45) is 0 Å². The van der Waals surface area contributed by atoms with Gasteiger partial charge in [0.25, 0.3) is 0 Å². The molecule has 0 spiro atoms. The molecular formula is C36H33FN2O5. The van der Waals surface area contributed by atoms with Gasteiger partial charge < -0.3 is 19.0 Å². The lowest BCUT2D eigenvalue weighted by Gasteiger charge is -2.30. The molecule has 0 atom stereocenters.